The van der Waals surface area contributed by atoms with E-state index in [4.69, 9.17) is 16.3 Å². The number of ether oxygens (including phenoxy) is 1. The Bertz CT molecular complexity index is 915. The van der Waals surface area contributed by atoms with Gasteiger partial charge in [-0.15, -0.1) is 11.3 Å². The molecule has 1 aliphatic heterocycles. The highest BCUT2D eigenvalue weighted by Crippen LogP contribution is 2.28. The van der Waals surface area contributed by atoms with E-state index in [1.807, 2.05) is 47.8 Å². The molecule has 4 rings (SSSR count). The number of halogens is 1. The van der Waals surface area contributed by atoms with Crippen molar-refractivity contribution in [1.29, 1.82) is 0 Å². The zero-order chi connectivity index (χ0) is 18.6. The predicted molar refractivity (Wildman–Crippen MR) is 112 cm³/mol. The number of hydrogen-bond acceptors (Lipinski definition) is 3. The summed E-state index contributed by atoms with van der Waals surface area (Å²) < 4.78 is 6.67. The van der Waals surface area contributed by atoms with Crippen molar-refractivity contribution in [3.8, 4) is 0 Å². The number of carbonyl (C=O) groups excluding carboxylic acids is 1. The highest BCUT2D eigenvalue weighted by atomic mass is 35.5. The van der Waals surface area contributed by atoms with Crippen molar-refractivity contribution >= 4 is 38.9 Å². The highest BCUT2D eigenvalue weighted by molar-refractivity contribution is 7.17. The normalized spacial score (nSPS) is 15.1. The van der Waals surface area contributed by atoms with Gasteiger partial charge in [-0.05, 0) is 43.0 Å². The van der Waals surface area contributed by atoms with Crippen LogP contribution >= 0.6 is 22.9 Å². The minimum atomic E-state index is 0.133. The fourth-order valence-electron chi connectivity index (χ4n) is 3.65. The number of thiophene rings is 1. The molecule has 0 bridgehead atoms. The van der Waals surface area contributed by atoms with Crippen LogP contribution in [0.15, 0.2) is 53.9 Å². The zero-order valence-electron chi connectivity index (χ0n) is 15.1. The van der Waals surface area contributed by atoms with Crippen LogP contribution in [0.4, 0.5) is 0 Å². The smallest absolute Gasteiger partial charge is 0.255 e. The fourth-order valence-corrected chi connectivity index (χ4v) is 4.71. The van der Waals surface area contributed by atoms with Gasteiger partial charge in [0, 0.05) is 46.3 Å². The zero-order valence-corrected chi connectivity index (χ0v) is 16.6. The summed E-state index contributed by atoms with van der Waals surface area (Å²) in [5, 5.41) is 3.79. The predicted octanol–water partition coefficient (Wildman–Crippen LogP) is 5.42. The maximum Gasteiger partial charge on any atom is 0.255 e. The summed E-state index contributed by atoms with van der Waals surface area (Å²) in [6, 6.07) is 16.3. The number of fused-ring (bicyclic) bond motifs is 1. The van der Waals surface area contributed by atoms with Gasteiger partial charge >= 0.3 is 0 Å². The first-order valence-corrected chi connectivity index (χ1v) is 10.6. The Morgan fingerprint density at radius 3 is 2.63 bits per heavy atom. The van der Waals surface area contributed by atoms with Crippen LogP contribution in [0.25, 0.3) is 10.1 Å². The molecule has 0 saturated carbocycles. The summed E-state index contributed by atoms with van der Waals surface area (Å²) in [6.45, 7) is 2.15. The van der Waals surface area contributed by atoms with Crippen LogP contribution in [-0.2, 0) is 11.2 Å². The molecule has 1 amide bonds. The number of benzene rings is 2. The van der Waals surface area contributed by atoms with Crippen LogP contribution in [0.3, 0.4) is 0 Å². The number of nitrogens with zero attached hydrogens (tertiary/aromatic N) is 1. The van der Waals surface area contributed by atoms with Crippen LogP contribution in [0.1, 0.15) is 28.8 Å². The highest BCUT2D eigenvalue weighted by Gasteiger charge is 2.27. The average Bonchev–Trinajstić information content (AvgIpc) is 3.14. The van der Waals surface area contributed by atoms with Gasteiger partial charge in [0.25, 0.3) is 5.91 Å². The van der Waals surface area contributed by atoms with Crippen LogP contribution in [0.5, 0.6) is 0 Å². The monoisotopic (exact) mass is 399 g/mol. The summed E-state index contributed by atoms with van der Waals surface area (Å²) in [7, 11) is 0. The molecule has 5 heteroatoms. The second-order valence-corrected chi connectivity index (χ2v) is 8.21. The van der Waals surface area contributed by atoms with E-state index >= 15 is 0 Å². The third-order valence-corrected chi connectivity index (χ3v) is 6.37. The third kappa shape index (κ3) is 4.18. The van der Waals surface area contributed by atoms with E-state index in [-0.39, 0.29) is 11.9 Å². The second-order valence-electron chi connectivity index (χ2n) is 6.86. The Kier molecular flexibility index (Phi) is 5.77. The standard InChI is InChI=1S/C22H22ClNO2S/c23-17-7-5-16(6-8-17)9-12-24(18-10-13-26-14-11-18)22(25)20-15-27-21-4-2-1-3-19(20)21/h1-8,15,18H,9-14H2. The molecule has 0 aliphatic carbocycles. The van der Waals surface area contributed by atoms with Gasteiger partial charge in [0.05, 0.1) is 5.56 Å². The first-order valence-electron chi connectivity index (χ1n) is 9.32. The lowest BCUT2D eigenvalue weighted by atomic mass is 10.0. The Balaban J connectivity index is 1.58. The molecule has 3 aromatic rings. The van der Waals surface area contributed by atoms with Crippen molar-refractivity contribution in [1.82, 2.24) is 4.90 Å². The van der Waals surface area contributed by atoms with Gasteiger partial charge in [0.2, 0.25) is 0 Å². The largest absolute Gasteiger partial charge is 0.381 e. The quantitative estimate of drug-likeness (QED) is 0.573. The lowest BCUT2D eigenvalue weighted by molar-refractivity contribution is 0.0295. The molecule has 0 radical (unpaired) electrons. The molecule has 0 spiro atoms. The summed E-state index contributed by atoms with van der Waals surface area (Å²) in [5.74, 6) is 0.133. The van der Waals surface area contributed by atoms with Crippen molar-refractivity contribution in [3.63, 3.8) is 0 Å². The number of amides is 1. The minimum absolute atomic E-state index is 0.133. The Morgan fingerprint density at radius 2 is 1.85 bits per heavy atom. The average molecular weight is 400 g/mol. The number of carbonyl (C=O) groups is 1. The Morgan fingerprint density at radius 1 is 1.11 bits per heavy atom. The van der Waals surface area contributed by atoms with Gasteiger partial charge in [0.1, 0.15) is 0 Å². The minimum Gasteiger partial charge on any atom is -0.381 e. The van der Waals surface area contributed by atoms with Crippen molar-refractivity contribution in [2.45, 2.75) is 25.3 Å². The van der Waals surface area contributed by atoms with Crippen LogP contribution in [0, 0.1) is 0 Å². The van der Waals surface area contributed by atoms with Crippen molar-refractivity contribution in [3.05, 3.63) is 70.1 Å². The Hall–Kier alpha value is -1.88. The molecule has 0 unspecified atom stereocenters. The van der Waals surface area contributed by atoms with Gasteiger partial charge in [-0.25, -0.2) is 0 Å². The summed E-state index contributed by atoms with van der Waals surface area (Å²) in [4.78, 5) is 15.5. The molecule has 140 valence electrons. The van der Waals surface area contributed by atoms with E-state index in [1.165, 1.54) is 5.56 Å². The molecular formula is C22H22ClNO2S. The van der Waals surface area contributed by atoms with Crippen LogP contribution in [-0.4, -0.2) is 36.6 Å². The maximum atomic E-state index is 13.5. The molecule has 2 heterocycles. The van der Waals surface area contributed by atoms with Gasteiger partial charge in [0.15, 0.2) is 0 Å². The van der Waals surface area contributed by atoms with E-state index < -0.39 is 0 Å². The number of hydrogen-bond donors (Lipinski definition) is 0. The van der Waals surface area contributed by atoms with E-state index in [9.17, 15) is 4.79 Å². The lowest BCUT2D eigenvalue weighted by Gasteiger charge is -2.34. The maximum absolute atomic E-state index is 13.5. The van der Waals surface area contributed by atoms with Gasteiger partial charge in [-0.3, -0.25) is 4.79 Å². The lowest BCUT2D eigenvalue weighted by Crippen LogP contribution is -2.44. The first kappa shape index (κ1) is 18.5. The number of rotatable bonds is 5. The van der Waals surface area contributed by atoms with E-state index in [1.54, 1.807) is 11.3 Å². The van der Waals surface area contributed by atoms with Crippen molar-refractivity contribution in [2.75, 3.05) is 19.8 Å². The van der Waals surface area contributed by atoms with Crippen LogP contribution in [0.2, 0.25) is 5.02 Å². The third-order valence-electron chi connectivity index (χ3n) is 5.16. The molecule has 2 aromatic carbocycles. The molecule has 0 N–H and O–H groups in total. The van der Waals surface area contributed by atoms with Gasteiger partial charge in [-0.2, -0.15) is 0 Å². The fraction of sp³-hybridized carbons (Fsp3) is 0.318. The SMILES string of the molecule is O=C(c1csc2ccccc12)N(CCc1ccc(Cl)cc1)C1CCOCC1. The molecular weight excluding hydrogens is 378 g/mol. The second kappa shape index (κ2) is 8.42. The molecule has 1 fully saturated rings. The summed E-state index contributed by atoms with van der Waals surface area (Å²) in [6.07, 6.45) is 2.62. The first-order chi connectivity index (χ1) is 13.2. The molecule has 1 saturated heterocycles. The molecule has 3 nitrogen and oxygen atoms in total. The summed E-state index contributed by atoms with van der Waals surface area (Å²) >= 11 is 7.63. The van der Waals surface area contributed by atoms with Gasteiger partial charge in [-0.1, -0.05) is 41.9 Å². The molecule has 1 aliphatic rings. The molecule has 0 atom stereocenters. The van der Waals surface area contributed by atoms with E-state index in [0.29, 0.717) is 6.54 Å². The molecule has 27 heavy (non-hydrogen) atoms. The van der Waals surface area contributed by atoms with Gasteiger partial charge < -0.3 is 9.64 Å². The topological polar surface area (TPSA) is 29.5 Å². The van der Waals surface area contributed by atoms with Crippen molar-refractivity contribution in [2.24, 2.45) is 0 Å². The van der Waals surface area contributed by atoms with E-state index in [0.717, 1.165) is 53.1 Å². The Labute approximate surface area is 168 Å². The molecule has 1 aromatic heterocycles. The summed E-state index contributed by atoms with van der Waals surface area (Å²) in [5.41, 5.74) is 2.01. The van der Waals surface area contributed by atoms with Crippen molar-refractivity contribution < 1.29 is 9.53 Å². The van der Waals surface area contributed by atoms with Crippen LogP contribution < -0.4 is 0 Å². The van der Waals surface area contributed by atoms with E-state index in [2.05, 4.69) is 11.0 Å².